The second-order valence-electron chi connectivity index (χ2n) is 7.58. The van der Waals surface area contributed by atoms with Gasteiger partial charge >= 0.3 is 6.18 Å². The predicted molar refractivity (Wildman–Crippen MR) is 117 cm³/mol. The minimum Gasteiger partial charge on any atom is -0.368 e. The number of nitrogens with two attached hydrogens (primary N) is 1. The number of carbonyl (C=O) groups is 1. The van der Waals surface area contributed by atoms with Gasteiger partial charge in [0.1, 0.15) is 11.3 Å². The number of Topliss-reactive ketones (excluding diaryl/α,β-unsaturated/α-hetero) is 1. The largest absolute Gasteiger partial charge is 0.455 e. The summed E-state index contributed by atoms with van der Waals surface area (Å²) in [6.45, 7) is 0.258. The molecular formula is C21H15ClF3N7O2. The van der Waals surface area contributed by atoms with Crippen LogP contribution in [0.1, 0.15) is 28.6 Å². The van der Waals surface area contributed by atoms with E-state index in [4.69, 9.17) is 17.3 Å². The number of nitrogen functional groups attached to an aromatic ring is 1. The molecule has 2 N–H and O–H groups in total. The Balaban J connectivity index is 1.69. The third-order valence-corrected chi connectivity index (χ3v) is 5.86. The molecule has 1 saturated heterocycles. The number of hydrogen-bond acceptors (Lipinski definition) is 7. The Morgan fingerprint density at radius 2 is 1.91 bits per heavy atom. The summed E-state index contributed by atoms with van der Waals surface area (Å²) in [6.07, 6.45) is -2.42. The van der Waals surface area contributed by atoms with Crippen molar-refractivity contribution < 1.29 is 18.0 Å². The zero-order chi connectivity index (χ0) is 24.2. The molecule has 4 heterocycles. The van der Waals surface area contributed by atoms with E-state index in [0.29, 0.717) is 12.1 Å². The fraction of sp³-hybridized carbons (Fsp3) is 0.190. The number of anilines is 2. The molecule has 0 radical (unpaired) electrons. The summed E-state index contributed by atoms with van der Waals surface area (Å²) < 4.78 is 42.3. The molecule has 1 fully saturated rings. The van der Waals surface area contributed by atoms with Crippen LogP contribution >= 0.6 is 11.6 Å². The van der Waals surface area contributed by atoms with Crippen LogP contribution in [-0.4, -0.2) is 42.7 Å². The van der Waals surface area contributed by atoms with Crippen molar-refractivity contribution in [2.24, 2.45) is 0 Å². The van der Waals surface area contributed by atoms with E-state index < -0.39 is 29.1 Å². The zero-order valence-electron chi connectivity index (χ0n) is 17.2. The van der Waals surface area contributed by atoms with Crippen LogP contribution < -0.4 is 16.2 Å². The third kappa shape index (κ3) is 3.46. The van der Waals surface area contributed by atoms with Crippen molar-refractivity contribution >= 4 is 34.7 Å². The lowest BCUT2D eigenvalue weighted by atomic mass is 10.00. The highest BCUT2D eigenvalue weighted by Gasteiger charge is 2.44. The lowest BCUT2D eigenvalue weighted by Gasteiger charge is -2.42. The molecule has 3 aromatic heterocycles. The molecule has 1 unspecified atom stereocenters. The van der Waals surface area contributed by atoms with Crippen molar-refractivity contribution in [3.8, 4) is 5.69 Å². The maximum Gasteiger partial charge on any atom is 0.455 e. The summed E-state index contributed by atoms with van der Waals surface area (Å²) in [4.78, 5) is 34.4. The molecular weight excluding hydrogens is 475 g/mol. The van der Waals surface area contributed by atoms with Crippen LogP contribution in [0, 0.1) is 0 Å². The highest BCUT2D eigenvalue weighted by molar-refractivity contribution is 6.33. The first-order valence-corrected chi connectivity index (χ1v) is 10.4. The van der Waals surface area contributed by atoms with Crippen LogP contribution in [-0.2, 0) is 0 Å². The second kappa shape index (κ2) is 7.83. The van der Waals surface area contributed by atoms with Gasteiger partial charge in [0.25, 0.3) is 11.3 Å². The molecule has 4 aromatic rings. The Kier molecular flexibility index (Phi) is 5.04. The average Bonchev–Trinajstić information content (AvgIpc) is 3.14. The fourth-order valence-corrected chi connectivity index (χ4v) is 4.14. The molecule has 13 heteroatoms. The van der Waals surface area contributed by atoms with Crippen LogP contribution in [0.25, 0.3) is 11.2 Å². The molecule has 0 saturated carbocycles. The van der Waals surface area contributed by atoms with Gasteiger partial charge in [-0.2, -0.15) is 23.3 Å². The number of rotatable bonds is 4. The van der Waals surface area contributed by atoms with Crippen molar-refractivity contribution in [2.75, 3.05) is 17.2 Å². The topological polar surface area (TPSA) is 111 Å². The van der Waals surface area contributed by atoms with Gasteiger partial charge in [-0.05, 0) is 24.6 Å². The Bertz CT molecular complexity index is 1480. The van der Waals surface area contributed by atoms with Crippen LogP contribution in [0.15, 0.2) is 53.6 Å². The number of ketones is 1. The Morgan fingerprint density at radius 3 is 2.56 bits per heavy atom. The van der Waals surface area contributed by atoms with E-state index in [1.165, 1.54) is 26.2 Å². The van der Waals surface area contributed by atoms with Crippen molar-refractivity contribution in [3.05, 3.63) is 75.6 Å². The number of nitrogens with zero attached hydrogens (tertiary/aromatic N) is 6. The predicted octanol–water partition coefficient (Wildman–Crippen LogP) is 3.21. The Morgan fingerprint density at radius 1 is 1.18 bits per heavy atom. The molecule has 34 heavy (non-hydrogen) atoms. The standard InChI is InChI=1S/C21H15ClF3N7O2/c22-13-6-9-31-15(13)19(34)32(11-4-2-1-3-5-11)18(29-31)14-7-8-30(14)17-12(10-27-20(26)28-17)16(33)21(23,24)25/h1-6,9-10,14H,7-8H2,(H2,26,27,28). The number of carbonyl (C=O) groups excluding carboxylic acids is 1. The fourth-order valence-electron chi connectivity index (χ4n) is 3.92. The maximum atomic E-state index is 13.4. The summed E-state index contributed by atoms with van der Waals surface area (Å²) in [7, 11) is 0. The Labute approximate surface area is 194 Å². The first-order valence-electron chi connectivity index (χ1n) is 10.0. The van der Waals surface area contributed by atoms with E-state index in [0.717, 1.165) is 6.20 Å². The lowest BCUT2D eigenvalue weighted by molar-refractivity contribution is -0.0885. The highest BCUT2D eigenvalue weighted by atomic mass is 35.5. The SMILES string of the molecule is Nc1ncc(C(=O)C(F)(F)F)c(N2CCC2c2nn3ccc(Cl)c3c(=O)n2-c2ccccc2)n1. The summed E-state index contributed by atoms with van der Waals surface area (Å²) in [5.41, 5.74) is 5.09. The number of hydrogen-bond donors (Lipinski definition) is 1. The van der Waals surface area contributed by atoms with Crippen molar-refractivity contribution in [3.63, 3.8) is 0 Å². The molecule has 0 aliphatic carbocycles. The van der Waals surface area contributed by atoms with Crippen molar-refractivity contribution in [1.29, 1.82) is 0 Å². The zero-order valence-corrected chi connectivity index (χ0v) is 18.0. The number of halogens is 4. The third-order valence-electron chi connectivity index (χ3n) is 5.56. The summed E-state index contributed by atoms with van der Waals surface area (Å²) >= 11 is 6.20. The summed E-state index contributed by atoms with van der Waals surface area (Å²) in [5.74, 6) is -2.41. The van der Waals surface area contributed by atoms with Gasteiger partial charge in [0.15, 0.2) is 5.82 Å². The van der Waals surface area contributed by atoms with E-state index >= 15 is 0 Å². The quantitative estimate of drug-likeness (QED) is 0.438. The van der Waals surface area contributed by atoms with E-state index in [9.17, 15) is 22.8 Å². The number of benzene rings is 1. The van der Waals surface area contributed by atoms with E-state index in [-0.39, 0.29) is 34.7 Å². The Hall–Kier alpha value is -3.93. The molecule has 5 rings (SSSR count). The first kappa shape index (κ1) is 21.9. The second-order valence-corrected chi connectivity index (χ2v) is 7.99. The number of para-hydroxylation sites is 1. The van der Waals surface area contributed by atoms with Gasteiger partial charge in [0.05, 0.1) is 22.3 Å². The molecule has 9 nitrogen and oxygen atoms in total. The van der Waals surface area contributed by atoms with E-state index in [2.05, 4.69) is 15.1 Å². The number of alkyl halides is 3. The lowest BCUT2D eigenvalue weighted by Crippen LogP contribution is -2.46. The minimum absolute atomic E-state index is 0.152. The number of fused-ring (bicyclic) bond motifs is 1. The van der Waals surface area contributed by atoms with Crippen LogP contribution in [0.3, 0.4) is 0 Å². The molecule has 0 amide bonds. The summed E-state index contributed by atoms with van der Waals surface area (Å²) in [6, 6.07) is 9.49. The van der Waals surface area contributed by atoms with E-state index in [1.54, 1.807) is 30.3 Å². The van der Waals surface area contributed by atoms with Crippen LogP contribution in [0.5, 0.6) is 0 Å². The van der Waals surface area contributed by atoms with Crippen LogP contribution in [0.4, 0.5) is 24.9 Å². The van der Waals surface area contributed by atoms with Gasteiger partial charge < -0.3 is 10.6 Å². The molecule has 0 spiro atoms. The van der Waals surface area contributed by atoms with Gasteiger partial charge in [0.2, 0.25) is 5.95 Å². The van der Waals surface area contributed by atoms with Crippen molar-refractivity contribution in [2.45, 2.75) is 18.6 Å². The summed E-state index contributed by atoms with van der Waals surface area (Å²) in [5, 5.41) is 4.76. The monoisotopic (exact) mass is 489 g/mol. The molecule has 0 bridgehead atoms. The smallest absolute Gasteiger partial charge is 0.368 e. The molecule has 174 valence electrons. The number of aromatic nitrogens is 5. The molecule has 1 aromatic carbocycles. The van der Waals surface area contributed by atoms with E-state index in [1.807, 2.05) is 0 Å². The van der Waals surface area contributed by atoms with Gasteiger partial charge in [-0.1, -0.05) is 29.8 Å². The molecule has 1 aliphatic rings. The van der Waals surface area contributed by atoms with Gasteiger partial charge in [-0.25, -0.2) is 9.50 Å². The van der Waals surface area contributed by atoms with Crippen molar-refractivity contribution in [1.82, 2.24) is 24.1 Å². The highest BCUT2D eigenvalue weighted by Crippen LogP contribution is 2.39. The normalized spacial score (nSPS) is 16.0. The first-order chi connectivity index (χ1) is 16.2. The molecule has 1 aliphatic heterocycles. The van der Waals surface area contributed by atoms with Gasteiger partial charge in [-0.3, -0.25) is 14.2 Å². The van der Waals surface area contributed by atoms with Gasteiger partial charge in [0, 0.05) is 18.9 Å². The van der Waals surface area contributed by atoms with Crippen LogP contribution in [0.2, 0.25) is 5.02 Å². The van der Waals surface area contributed by atoms with Gasteiger partial charge in [-0.15, -0.1) is 0 Å². The minimum atomic E-state index is -5.13. The molecule has 1 atom stereocenters. The maximum absolute atomic E-state index is 13.4. The average molecular weight is 490 g/mol.